The van der Waals surface area contributed by atoms with E-state index in [-0.39, 0.29) is 18.3 Å². The van der Waals surface area contributed by atoms with Crippen LogP contribution >= 0.6 is 12.4 Å². The van der Waals surface area contributed by atoms with Crippen molar-refractivity contribution in [2.75, 3.05) is 26.7 Å². The van der Waals surface area contributed by atoms with Crippen LogP contribution in [0.5, 0.6) is 5.75 Å². The molecule has 1 amide bonds. The van der Waals surface area contributed by atoms with E-state index in [9.17, 15) is 4.79 Å². The van der Waals surface area contributed by atoms with E-state index < -0.39 is 6.10 Å². The second kappa shape index (κ2) is 8.25. The lowest BCUT2D eigenvalue weighted by molar-refractivity contribution is -0.137. The summed E-state index contributed by atoms with van der Waals surface area (Å²) in [5, 5.41) is 3.17. The summed E-state index contributed by atoms with van der Waals surface area (Å²) in [6, 6.07) is 7.80. The van der Waals surface area contributed by atoms with Gasteiger partial charge in [-0.1, -0.05) is 17.7 Å². The highest BCUT2D eigenvalue weighted by molar-refractivity contribution is 5.85. The van der Waals surface area contributed by atoms with Crippen LogP contribution in [0.25, 0.3) is 0 Å². The number of rotatable bonds is 5. The van der Waals surface area contributed by atoms with Crippen molar-refractivity contribution in [1.29, 1.82) is 0 Å². The van der Waals surface area contributed by atoms with E-state index in [4.69, 9.17) is 4.74 Å². The number of likely N-dealkylation sites (tertiary alicyclic amines) is 1. The first-order valence-corrected chi connectivity index (χ1v) is 7.27. The molecule has 1 aromatic rings. The highest BCUT2D eigenvalue weighted by Gasteiger charge is 2.29. The van der Waals surface area contributed by atoms with E-state index in [2.05, 4.69) is 5.32 Å². The molecular weight excluding hydrogens is 288 g/mol. The fourth-order valence-electron chi connectivity index (χ4n) is 2.62. The molecule has 4 nitrogen and oxygen atoms in total. The number of ether oxygens (including phenoxy) is 1. The molecule has 2 rings (SSSR count). The number of carbonyl (C=O) groups is 1. The highest BCUT2D eigenvalue weighted by Crippen LogP contribution is 2.19. The zero-order chi connectivity index (χ0) is 14.5. The van der Waals surface area contributed by atoms with E-state index >= 15 is 0 Å². The summed E-state index contributed by atoms with van der Waals surface area (Å²) in [5.74, 6) is 1.40. The third kappa shape index (κ3) is 4.90. The Morgan fingerprint density at radius 2 is 2.10 bits per heavy atom. The molecule has 0 bridgehead atoms. The van der Waals surface area contributed by atoms with Gasteiger partial charge in [0, 0.05) is 13.1 Å². The third-order valence-electron chi connectivity index (χ3n) is 3.77. The van der Waals surface area contributed by atoms with Gasteiger partial charge in [-0.25, -0.2) is 0 Å². The minimum atomic E-state index is -0.425. The quantitative estimate of drug-likeness (QED) is 0.906. The Bertz CT molecular complexity index is 450. The number of halogens is 1. The van der Waals surface area contributed by atoms with Gasteiger partial charge in [-0.15, -0.1) is 12.4 Å². The van der Waals surface area contributed by atoms with Gasteiger partial charge in [-0.3, -0.25) is 4.79 Å². The molecule has 1 N–H and O–H groups in total. The molecule has 1 aromatic carbocycles. The Kier molecular flexibility index (Phi) is 6.99. The molecule has 21 heavy (non-hydrogen) atoms. The first kappa shape index (κ1) is 17.8. The molecule has 0 radical (unpaired) electrons. The second-order valence-electron chi connectivity index (χ2n) is 5.57. The molecule has 0 saturated carbocycles. The summed E-state index contributed by atoms with van der Waals surface area (Å²) in [5.41, 5.74) is 1.19. The van der Waals surface area contributed by atoms with Crippen molar-refractivity contribution < 1.29 is 9.53 Å². The average molecular weight is 313 g/mol. The first-order valence-electron chi connectivity index (χ1n) is 7.27. The smallest absolute Gasteiger partial charge is 0.263 e. The van der Waals surface area contributed by atoms with Crippen LogP contribution in [0.2, 0.25) is 0 Å². The van der Waals surface area contributed by atoms with E-state index in [1.165, 1.54) is 5.56 Å². The fourth-order valence-corrected chi connectivity index (χ4v) is 2.62. The monoisotopic (exact) mass is 312 g/mol. The molecule has 1 aliphatic rings. The maximum Gasteiger partial charge on any atom is 0.263 e. The normalized spacial score (nSPS) is 19.0. The third-order valence-corrected chi connectivity index (χ3v) is 3.77. The molecule has 0 spiro atoms. The minimum Gasteiger partial charge on any atom is -0.481 e. The first-order chi connectivity index (χ1) is 9.60. The molecule has 1 aliphatic heterocycles. The fraction of sp³-hybridized carbons (Fsp3) is 0.562. The molecule has 1 fully saturated rings. The maximum atomic E-state index is 12.3. The van der Waals surface area contributed by atoms with Crippen LogP contribution in [0.3, 0.4) is 0 Å². The van der Waals surface area contributed by atoms with Crippen LogP contribution in [0.15, 0.2) is 24.3 Å². The Hall–Kier alpha value is -1.26. The molecule has 1 saturated heterocycles. The Morgan fingerprint density at radius 3 is 2.71 bits per heavy atom. The zero-order valence-corrected chi connectivity index (χ0v) is 13.8. The van der Waals surface area contributed by atoms with Crippen molar-refractivity contribution in [2.24, 2.45) is 5.92 Å². The number of carbonyl (C=O) groups excluding carboxylic acids is 1. The van der Waals surface area contributed by atoms with Crippen LogP contribution in [0.4, 0.5) is 0 Å². The minimum absolute atomic E-state index is 0. The van der Waals surface area contributed by atoms with Crippen LogP contribution < -0.4 is 10.1 Å². The summed E-state index contributed by atoms with van der Waals surface area (Å²) < 4.78 is 5.73. The van der Waals surface area contributed by atoms with Gasteiger partial charge >= 0.3 is 0 Å². The number of amides is 1. The van der Waals surface area contributed by atoms with Gasteiger partial charge in [0.2, 0.25) is 0 Å². The highest BCUT2D eigenvalue weighted by atomic mass is 35.5. The molecule has 2 atom stereocenters. The van der Waals surface area contributed by atoms with Crippen LogP contribution in [-0.4, -0.2) is 43.6 Å². The van der Waals surface area contributed by atoms with Gasteiger partial charge in [0.05, 0.1) is 0 Å². The summed E-state index contributed by atoms with van der Waals surface area (Å²) in [6.07, 6.45) is 0.648. The van der Waals surface area contributed by atoms with Crippen LogP contribution in [0.1, 0.15) is 18.9 Å². The van der Waals surface area contributed by atoms with Crippen molar-refractivity contribution in [3.63, 3.8) is 0 Å². The number of nitrogens with one attached hydrogen (secondary N) is 1. The Morgan fingerprint density at radius 1 is 1.43 bits per heavy atom. The van der Waals surface area contributed by atoms with Crippen molar-refractivity contribution in [3.05, 3.63) is 29.8 Å². The predicted molar refractivity (Wildman–Crippen MR) is 87.1 cm³/mol. The largest absolute Gasteiger partial charge is 0.481 e. The lowest BCUT2D eigenvalue weighted by atomic mass is 10.1. The van der Waals surface area contributed by atoms with E-state index in [1.54, 1.807) is 0 Å². The van der Waals surface area contributed by atoms with Crippen LogP contribution in [-0.2, 0) is 4.79 Å². The van der Waals surface area contributed by atoms with Gasteiger partial charge in [0.15, 0.2) is 6.10 Å². The summed E-state index contributed by atoms with van der Waals surface area (Å²) in [4.78, 5) is 14.3. The van der Waals surface area contributed by atoms with Crippen molar-refractivity contribution in [1.82, 2.24) is 10.2 Å². The SMILES string of the molecule is CNCC1CCN(C(=O)C(C)Oc2ccc(C)cc2)C1.Cl. The van der Waals surface area contributed by atoms with Crippen molar-refractivity contribution in [2.45, 2.75) is 26.4 Å². The van der Waals surface area contributed by atoms with Gasteiger partial charge in [0.1, 0.15) is 5.75 Å². The number of hydrogen-bond donors (Lipinski definition) is 1. The molecule has 118 valence electrons. The van der Waals surface area contributed by atoms with E-state index in [0.29, 0.717) is 5.92 Å². The molecular formula is C16H25ClN2O2. The number of aryl methyl sites for hydroxylation is 1. The lowest BCUT2D eigenvalue weighted by Gasteiger charge is -2.22. The number of benzene rings is 1. The molecule has 0 aromatic heterocycles. The van der Waals surface area contributed by atoms with Crippen molar-refractivity contribution >= 4 is 18.3 Å². The Balaban J connectivity index is 0.00000220. The predicted octanol–water partition coefficient (Wildman–Crippen LogP) is 2.25. The van der Waals surface area contributed by atoms with Gasteiger partial charge < -0.3 is 15.0 Å². The van der Waals surface area contributed by atoms with Gasteiger partial charge in [-0.05, 0) is 51.9 Å². The summed E-state index contributed by atoms with van der Waals surface area (Å²) >= 11 is 0. The molecule has 0 aliphatic carbocycles. The van der Waals surface area contributed by atoms with Gasteiger partial charge in [0.25, 0.3) is 5.91 Å². The molecule has 2 unspecified atom stereocenters. The Labute approximate surface area is 133 Å². The number of hydrogen-bond acceptors (Lipinski definition) is 3. The summed E-state index contributed by atoms with van der Waals surface area (Å²) in [6.45, 7) is 6.50. The zero-order valence-electron chi connectivity index (χ0n) is 13.0. The standard InChI is InChI=1S/C16H24N2O2.ClH/c1-12-4-6-15(7-5-12)20-13(2)16(19)18-9-8-14(11-18)10-17-3;/h4-7,13-14,17H,8-11H2,1-3H3;1H. The second-order valence-corrected chi connectivity index (χ2v) is 5.57. The molecule has 1 heterocycles. The van der Waals surface area contributed by atoms with E-state index in [0.717, 1.165) is 31.8 Å². The average Bonchev–Trinajstić information content (AvgIpc) is 2.89. The lowest BCUT2D eigenvalue weighted by Crippen LogP contribution is -2.39. The van der Waals surface area contributed by atoms with Crippen molar-refractivity contribution in [3.8, 4) is 5.75 Å². The maximum absolute atomic E-state index is 12.3. The topological polar surface area (TPSA) is 41.6 Å². The van der Waals surface area contributed by atoms with Gasteiger partial charge in [-0.2, -0.15) is 0 Å². The molecule has 5 heteroatoms. The van der Waals surface area contributed by atoms with E-state index in [1.807, 2.05) is 50.1 Å². The summed E-state index contributed by atoms with van der Waals surface area (Å²) in [7, 11) is 1.95. The number of nitrogens with zero attached hydrogens (tertiary/aromatic N) is 1. The van der Waals surface area contributed by atoms with Crippen LogP contribution in [0, 0.1) is 12.8 Å².